The van der Waals surface area contributed by atoms with E-state index < -0.39 is 9.52 Å². The number of fused-ring (bicyclic) bond motifs is 1. The summed E-state index contributed by atoms with van der Waals surface area (Å²) in [4.78, 5) is 45.4. The smallest absolute Gasteiger partial charge is 0.260 e. The molecule has 1 N–H and O–H groups in total. The molecule has 2 atom stereocenters. The summed E-state index contributed by atoms with van der Waals surface area (Å²) in [7, 11) is -0.569. The molecule has 0 bridgehead atoms. The lowest BCUT2D eigenvalue weighted by atomic mass is 9.98. The highest BCUT2D eigenvalue weighted by Gasteiger charge is 2.23. The van der Waals surface area contributed by atoms with Gasteiger partial charge in [-0.05, 0) is 86.1 Å². The van der Waals surface area contributed by atoms with Crippen LogP contribution in [0.15, 0.2) is 86.4 Å². The van der Waals surface area contributed by atoms with Gasteiger partial charge in [0.05, 0.1) is 11.7 Å². The van der Waals surface area contributed by atoms with Crippen LogP contribution in [0, 0.1) is 0 Å². The topological polar surface area (TPSA) is 113 Å². The number of hydrogen-bond acceptors (Lipinski definition) is 9. The SMILES string of the molecule is C=S(=O)(c1ccc(-c2cc3cnc(Nc4ccc(C5CCN(C)C5)cc4)nc3n(CC(=O)N3CCCC3)c2=O)cc1)c1cncs1. The summed E-state index contributed by atoms with van der Waals surface area (Å²) in [6, 6.07) is 17.1. The quantitative estimate of drug-likeness (QED) is 0.237. The number of benzene rings is 2. The number of nitrogens with zero attached hydrogens (tertiary/aromatic N) is 6. The van der Waals surface area contributed by atoms with Crippen molar-refractivity contribution < 1.29 is 9.00 Å². The Morgan fingerprint density at radius 2 is 1.83 bits per heavy atom. The highest BCUT2D eigenvalue weighted by atomic mass is 32.2. The van der Waals surface area contributed by atoms with E-state index in [1.54, 1.807) is 53.1 Å². The number of thiazole rings is 1. The molecular weight excluding hydrogens is 619 g/mol. The molecule has 7 rings (SSSR count). The fourth-order valence-electron chi connectivity index (χ4n) is 6.29. The second-order valence-corrected chi connectivity index (χ2v) is 15.4. The van der Waals surface area contributed by atoms with Gasteiger partial charge in [0.1, 0.15) is 16.4 Å². The lowest BCUT2D eigenvalue weighted by Gasteiger charge is -2.18. The molecule has 12 heteroatoms. The summed E-state index contributed by atoms with van der Waals surface area (Å²) < 4.78 is 15.5. The molecule has 2 aliphatic heterocycles. The summed E-state index contributed by atoms with van der Waals surface area (Å²) in [5.41, 5.74) is 4.86. The lowest BCUT2D eigenvalue weighted by molar-refractivity contribution is -0.130. The number of amides is 1. The molecule has 0 aliphatic carbocycles. The third-order valence-corrected chi connectivity index (χ3v) is 12.3. The summed E-state index contributed by atoms with van der Waals surface area (Å²) in [5, 5.41) is 3.91. The van der Waals surface area contributed by atoms with E-state index in [1.807, 2.05) is 12.1 Å². The van der Waals surface area contributed by atoms with Crippen molar-refractivity contribution in [1.29, 1.82) is 0 Å². The zero-order chi connectivity index (χ0) is 31.8. The van der Waals surface area contributed by atoms with Crippen LogP contribution >= 0.6 is 11.3 Å². The van der Waals surface area contributed by atoms with Crippen LogP contribution in [-0.2, 0) is 20.9 Å². The zero-order valence-electron chi connectivity index (χ0n) is 25.6. The Morgan fingerprint density at radius 1 is 1.07 bits per heavy atom. The highest BCUT2D eigenvalue weighted by Crippen LogP contribution is 2.29. The van der Waals surface area contributed by atoms with Crippen molar-refractivity contribution in [2.75, 3.05) is 38.5 Å². The number of hydrogen-bond donors (Lipinski definition) is 1. The van der Waals surface area contributed by atoms with Crippen LogP contribution in [0.5, 0.6) is 0 Å². The number of likely N-dealkylation sites (N-methyl/N-ethyl adjacent to an activating group) is 1. The molecule has 2 saturated heterocycles. The molecule has 2 aromatic carbocycles. The van der Waals surface area contributed by atoms with Crippen molar-refractivity contribution in [3.8, 4) is 11.1 Å². The first-order valence-electron chi connectivity index (χ1n) is 15.4. The zero-order valence-corrected chi connectivity index (χ0v) is 27.2. The first-order chi connectivity index (χ1) is 22.3. The van der Waals surface area contributed by atoms with E-state index in [9.17, 15) is 13.8 Å². The van der Waals surface area contributed by atoms with Gasteiger partial charge in [0, 0.05) is 56.9 Å². The van der Waals surface area contributed by atoms with Crippen LogP contribution < -0.4 is 10.9 Å². The average Bonchev–Trinajstić information content (AvgIpc) is 3.87. The molecule has 0 saturated carbocycles. The summed E-state index contributed by atoms with van der Waals surface area (Å²) in [6.45, 7) is 3.41. The molecule has 236 valence electrons. The van der Waals surface area contributed by atoms with Crippen LogP contribution in [-0.4, -0.2) is 78.5 Å². The van der Waals surface area contributed by atoms with Gasteiger partial charge in [-0.2, -0.15) is 4.98 Å². The Balaban J connectivity index is 1.23. The van der Waals surface area contributed by atoms with E-state index in [0.29, 0.717) is 56.2 Å². The highest BCUT2D eigenvalue weighted by molar-refractivity contribution is 8.02. The minimum absolute atomic E-state index is 0.115. The van der Waals surface area contributed by atoms with Gasteiger partial charge >= 0.3 is 0 Å². The lowest BCUT2D eigenvalue weighted by Crippen LogP contribution is -2.35. The molecule has 5 aromatic rings. The number of carbonyl (C=O) groups is 1. The number of nitrogens with one attached hydrogen (secondary N) is 1. The van der Waals surface area contributed by atoms with Crippen molar-refractivity contribution in [3.05, 3.63) is 88.4 Å². The molecule has 10 nitrogen and oxygen atoms in total. The summed E-state index contributed by atoms with van der Waals surface area (Å²) in [5.74, 6) is 4.72. The number of carbonyl (C=O) groups excluding carboxylic acids is 1. The van der Waals surface area contributed by atoms with Crippen LogP contribution in [0.2, 0.25) is 0 Å². The van der Waals surface area contributed by atoms with Crippen LogP contribution in [0.3, 0.4) is 0 Å². The maximum absolute atomic E-state index is 14.1. The third-order valence-electron chi connectivity index (χ3n) is 8.89. The van der Waals surface area contributed by atoms with Crippen LogP contribution in [0.4, 0.5) is 11.6 Å². The van der Waals surface area contributed by atoms with Crippen LogP contribution in [0.1, 0.15) is 30.7 Å². The molecule has 5 heterocycles. The minimum Gasteiger partial charge on any atom is -0.341 e. The number of anilines is 2. The Bertz CT molecular complexity index is 2050. The Labute approximate surface area is 271 Å². The van der Waals surface area contributed by atoms with Crippen LogP contribution in [0.25, 0.3) is 22.2 Å². The van der Waals surface area contributed by atoms with Gasteiger partial charge in [-0.3, -0.25) is 23.3 Å². The number of likely N-dealkylation sites (tertiary alicyclic amines) is 2. The number of pyridine rings is 1. The van der Waals surface area contributed by atoms with E-state index >= 15 is 0 Å². The molecule has 1 amide bonds. The van der Waals surface area contributed by atoms with Gasteiger partial charge in [0.15, 0.2) is 0 Å². The van der Waals surface area contributed by atoms with E-state index in [2.05, 4.69) is 45.2 Å². The van der Waals surface area contributed by atoms with Crippen molar-refractivity contribution in [2.24, 2.45) is 0 Å². The molecule has 3 aromatic heterocycles. The van der Waals surface area contributed by atoms with Gasteiger partial charge in [-0.25, -0.2) is 4.98 Å². The van der Waals surface area contributed by atoms with E-state index in [-0.39, 0.29) is 18.0 Å². The second-order valence-electron chi connectivity index (χ2n) is 12.0. The Morgan fingerprint density at radius 3 is 2.50 bits per heavy atom. The van der Waals surface area contributed by atoms with Gasteiger partial charge in [0.25, 0.3) is 5.56 Å². The summed E-state index contributed by atoms with van der Waals surface area (Å²) in [6.07, 6.45) is 6.31. The average molecular weight is 654 g/mol. The maximum atomic E-state index is 14.1. The fraction of sp³-hybridized carbons (Fsp3) is 0.294. The maximum Gasteiger partial charge on any atom is 0.260 e. The number of aromatic nitrogens is 4. The van der Waals surface area contributed by atoms with Crippen molar-refractivity contribution in [3.63, 3.8) is 0 Å². The standard InChI is InChI=1S/C34H35N7O3S2/c1-39-16-13-25(20-39)23-5-9-27(10-6-23)37-34-36-18-26-17-29(24-7-11-28(12-8-24)46(2,44)31-19-35-22-45-31)33(43)41(32(26)38-34)21-30(42)40-14-3-4-15-40/h5-12,17-19,22,25H,2-4,13-16,20-21H2,1H3,(H,36,37,38). The normalized spacial score (nSPS) is 18.2. The fourth-order valence-corrected chi connectivity index (χ4v) is 8.71. The Hall–Kier alpha value is -4.39. The monoisotopic (exact) mass is 653 g/mol. The van der Waals surface area contributed by atoms with Crippen molar-refractivity contribution >= 4 is 55.3 Å². The Kier molecular flexibility index (Phi) is 8.18. The van der Waals surface area contributed by atoms with E-state index in [4.69, 9.17) is 4.98 Å². The van der Waals surface area contributed by atoms with E-state index in [0.717, 1.165) is 38.0 Å². The molecule has 2 fully saturated rings. The summed E-state index contributed by atoms with van der Waals surface area (Å²) >= 11 is 1.30. The molecule has 46 heavy (non-hydrogen) atoms. The van der Waals surface area contributed by atoms with Gasteiger partial charge < -0.3 is 15.1 Å². The predicted octanol–water partition coefficient (Wildman–Crippen LogP) is 4.83. The van der Waals surface area contributed by atoms with Crippen molar-refractivity contribution in [1.82, 2.24) is 29.3 Å². The molecule has 0 spiro atoms. The van der Waals surface area contributed by atoms with Gasteiger partial charge in [0.2, 0.25) is 11.9 Å². The van der Waals surface area contributed by atoms with Crippen molar-refractivity contribution in [2.45, 2.75) is 40.8 Å². The molecular formula is C34H35N7O3S2. The first-order valence-corrected chi connectivity index (χ1v) is 18.0. The number of rotatable bonds is 8. The van der Waals surface area contributed by atoms with E-state index in [1.165, 1.54) is 21.5 Å². The second kappa shape index (κ2) is 12.4. The molecule has 2 unspecified atom stereocenters. The van der Waals surface area contributed by atoms with Gasteiger partial charge in [-0.15, -0.1) is 11.3 Å². The largest absolute Gasteiger partial charge is 0.341 e. The third kappa shape index (κ3) is 5.95. The first kappa shape index (κ1) is 30.3. The predicted molar refractivity (Wildman–Crippen MR) is 184 cm³/mol. The molecule has 0 radical (unpaired) electrons. The minimum atomic E-state index is -2.72. The van der Waals surface area contributed by atoms with Gasteiger partial charge in [-0.1, -0.05) is 24.3 Å². The molecule has 2 aliphatic rings.